The Morgan fingerprint density at radius 3 is 2.95 bits per heavy atom. The van der Waals surface area contributed by atoms with Gasteiger partial charge in [0.25, 0.3) is 5.89 Å². The first-order chi connectivity index (χ1) is 9.29. The Kier molecular flexibility index (Phi) is 2.79. The fourth-order valence-electron chi connectivity index (χ4n) is 1.83. The largest absolute Gasteiger partial charge is 0.332 e. The Bertz CT molecular complexity index is 687. The van der Waals surface area contributed by atoms with Crippen LogP contribution < -0.4 is 0 Å². The van der Waals surface area contributed by atoms with E-state index < -0.39 is 0 Å². The lowest BCUT2D eigenvalue weighted by atomic mass is 10.2. The number of rotatable bonds is 3. The maximum absolute atomic E-state index is 5.23. The van der Waals surface area contributed by atoms with Gasteiger partial charge in [-0.3, -0.25) is 5.10 Å². The minimum Gasteiger partial charge on any atom is -0.332 e. The summed E-state index contributed by atoms with van der Waals surface area (Å²) in [5.74, 6) is 0.789. The first-order valence-electron chi connectivity index (χ1n) is 5.95. The van der Waals surface area contributed by atoms with E-state index in [1.54, 1.807) is 18.3 Å². The average Bonchev–Trinajstić information content (AvgIpc) is 3.06. The van der Waals surface area contributed by atoms with Crippen molar-refractivity contribution in [3.05, 3.63) is 29.6 Å². The quantitative estimate of drug-likeness (QED) is 0.767. The molecular weight excluding hydrogens is 244 g/mol. The molecule has 0 fully saturated rings. The predicted octanol–water partition coefficient (Wildman–Crippen LogP) is 1.79. The summed E-state index contributed by atoms with van der Waals surface area (Å²) in [6, 6.07) is 3.55. The zero-order valence-corrected chi connectivity index (χ0v) is 10.6. The van der Waals surface area contributed by atoms with Crippen LogP contribution in [-0.4, -0.2) is 30.5 Å². The molecule has 3 heterocycles. The minimum atomic E-state index is 0.383. The molecule has 0 atom stereocenters. The maximum Gasteiger partial charge on any atom is 0.279 e. The van der Waals surface area contributed by atoms with E-state index in [-0.39, 0.29) is 0 Å². The normalized spacial score (nSPS) is 10.8. The van der Waals surface area contributed by atoms with Crippen LogP contribution in [0.15, 0.2) is 22.9 Å². The Hall–Kier alpha value is -2.57. The van der Waals surface area contributed by atoms with Crippen molar-refractivity contribution >= 4 is 0 Å². The van der Waals surface area contributed by atoms with Gasteiger partial charge in [0, 0.05) is 17.5 Å². The Morgan fingerprint density at radius 2 is 2.26 bits per heavy atom. The van der Waals surface area contributed by atoms with Crippen LogP contribution in [-0.2, 0) is 6.42 Å². The van der Waals surface area contributed by atoms with Gasteiger partial charge < -0.3 is 4.52 Å². The molecular formula is C12H12N6O. The van der Waals surface area contributed by atoms with Gasteiger partial charge in [0.1, 0.15) is 5.69 Å². The van der Waals surface area contributed by atoms with E-state index in [9.17, 15) is 0 Å². The van der Waals surface area contributed by atoms with Crippen molar-refractivity contribution in [2.45, 2.75) is 20.3 Å². The third-order valence-electron chi connectivity index (χ3n) is 2.89. The number of nitrogens with one attached hydrogen (secondary N) is 1. The van der Waals surface area contributed by atoms with Gasteiger partial charge in [0.15, 0.2) is 5.69 Å². The summed E-state index contributed by atoms with van der Waals surface area (Å²) in [5.41, 5.74) is 3.34. The van der Waals surface area contributed by atoms with Gasteiger partial charge in [0.05, 0.1) is 0 Å². The number of nitrogens with zero attached hydrogens (tertiary/aromatic N) is 5. The van der Waals surface area contributed by atoms with E-state index in [4.69, 9.17) is 4.52 Å². The second kappa shape index (κ2) is 4.60. The van der Waals surface area contributed by atoms with Crippen LogP contribution in [0.4, 0.5) is 0 Å². The standard InChI is InChI=1S/C12H12N6O/c1-3-8-7(2)10(17-16-8)12-14-11(18-19-12)9-5-4-6-13-15-9/h4-6H,3H2,1-2H3,(H,16,17). The molecule has 0 aliphatic heterocycles. The highest BCUT2D eigenvalue weighted by Gasteiger charge is 2.17. The molecule has 1 N–H and O–H groups in total. The molecule has 0 saturated carbocycles. The first-order valence-corrected chi connectivity index (χ1v) is 5.95. The summed E-state index contributed by atoms with van der Waals surface area (Å²) in [4.78, 5) is 4.30. The smallest absolute Gasteiger partial charge is 0.279 e. The number of aromatic nitrogens is 6. The van der Waals surface area contributed by atoms with Crippen LogP contribution >= 0.6 is 0 Å². The summed E-state index contributed by atoms with van der Waals surface area (Å²) < 4.78 is 5.23. The molecule has 0 radical (unpaired) electrons. The van der Waals surface area contributed by atoms with Crippen molar-refractivity contribution in [3.8, 4) is 23.1 Å². The number of hydrogen-bond donors (Lipinski definition) is 1. The lowest BCUT2D eigenvalue weighted by Gasteiger charge is -1.92. The molecule has 7 nitrogen and oxygen atoms in total. The second-order valence-corrected chi connectivity index (χ2v) is 4.06. The molecule has 0 unspecified atom stereocenters. The summed E-state index contributed by atoms with van der Waals surface area (Å²) in [6.07, 6.45) is 2.47. The SMILES string of the molecule is CCc1[nH]nc(-c2nc(-c3cccnn3)no2)c1C. The number of hydrogen-bond acceptors (Lipinski definition) is 6. The Labute approximate surface area is 109 Å². The van der Waals surface area contributed by atoms with Crippen LogP contribution in [0.25, 0.3) is 23.1 Å². The third kappa shape index (κ3) is 1.99. The molecule has 19 heavy (non-hydrogen) atoms. The number of aryl methyl sites for hydroxylation is 1. The van der Waals surface area contributed by atoms with Crippen molar-refractivity contribution in [1.82, 2.24) is 30.5 Å². The monoisotopic (exact) mass is 256 g/mol. The van der Waals surface area contributed by atoms with Crippen LogP contribution in [0.5, 0.6) is 0 Å². The third-order valence-corrected chi connectivity index (χ3v) is 2.89. The summed E-state index contributed by atoms with van der Waals surface area (Å²) in [7, 11) is 0. The number of aromatic amines is 1. The lowest BCUT2D eigenvalue weighted by molar-refractivity contribution is 0.430. The molecule has 0 bridgehead atoms. The molecule has 0 aliphatic carbocycles. The van der Waals surface area contributed by atoms with Gasteiger partial charge in [-0.25, -0.2) is 0 Å². The molecule has 96 valence electrons. The molecule has 0 aliphatic rings. The van der Waals surface area contributed by atoms with Gasteiger partial charge in [-0.05, 0) is 25.5 Å². The fraction of sp³-hybridized carbons (Fsp3) is 0.250. The van der Waals surface area contributed by atoms with Crippen LogP contribution in [0.2, 0.25) is 0 Å². The maximum atomic E-state index is 5.23. The van der Waals surface area contributed by atoms with E-state index >= 15 is 0 Å². The molecule has 0 amide bonds. The molecule has 0 saturated heterocycles. The zero-order chi connectivity index (χ0) is 13.2. The van der Waals surface area contributed by atoms with Crippen LogP contribution in [0, 0.1) is 6.92 Å². The topological polar surface area (TPSA) is 93.4 Å². The van der Waals surface area contributed by atoms with Gasteiger partial charge in [-0.2, -0.15) is 15.2 Å². The van der Waals surface area contributed by atoms with E-state index in [1.165, 1.54) is 0 Å². The minimum absolute atomic E-state index is 0.383. The number of H-pyrrole nitrogens is 1. The van der Waals surface area contributed by atoms with Gasteiger partial charge in [0.2, 0.25) is 5.82 Å². The Balaban J connectivity index is 1.99. The Morgan fingerprint density at radius 1 is 1.37 bits per heavy atom. The highest BCUT2D eigenvalue weighted by atomic mass is 16.5. The molecule has 3 aromatic heterocycles. The van der Waals surface area contributed by atoms with Crippen molar-refractivity contribution in [2.75, 3.05) is 0 Å². The summed E-state index contributed by atoms with van der Waals surface area (Å²) in [6.45, 7) is 4.03. The van der Waals surface area contributed by atoms with Crippen molar-refractivity contribution < 1.29 is 4.52 Å². The van der Waals surface area contributed by atoms with Crippen molar-refractivity contribution in [3.63, 3.8) is 0 Å². The highest BCUT2D eigenvalue weighted by Crippen LogP contribution is 2.23. The highest BCUT2D eigenvalue weighted by molar-refractivity contribution is 5.57. The van der Waals surface area contributed by atoms with E-state index in [0.29, 0.717) is 23.1 Å². The van der Waals surface area contributed by atoms with E-state index in [0.717, 1.165) is 17.7 Å². The van der Waals surface area contributed by atoms with Gasteiger partial charge in [-0.1, -0.05) is 12.1 Å². The molecule has 3 rings (SSSR count). The zero-order valence-electron chi connectivity index (χ0n) is 10.6. The summed E-state index contributed by atoms with van der Waals surface area (Å²) >= 11 is 0. The van der Waals surface area contributed by atoms with Crippen molar-refractivity contribution in [2.24, 2.45) is 0 Å². The molecule has 7 heteroatoms. The fourth-order valence-corrected chi connectivity index (χ4v) is 1.83. The first kappa shape index (κ1) is 11.5. The van der Waals surface area contributed by atoms with Gasteiger partial charge >= 0.3 is 0 Å². The van der Waals surface area contributed by atoms with Gasteiger partial charge in [-0.15, -0.1) is 5.10 Å². The lowest BCUT2D eigenvalue weighted by Crippen LogP contribution is -1.88. The van der Waals surface area contributed by atoms with E-state index in [2.05, 4.69) is 37.5 Å². The van der Waals surface area contributed by atoms with Crippen LogP contribution in [0.1, 0.15) is 18.2 Å². The van der Waals surface area contributed by atoms with E-state index in [1.807, 2.05) is 6.92 Å². The van der Waals surface area contributed by atoms with Crippen molar-refractivity contribution in [1.29, 1.82) is 0 Å². The second-order valence-electron chi connectivity index (χ2n) is 4.06. The predicted molar refractivity (Wildman–Crippen MR) is 67.0 cm³/mol. The molecule has 3 aromatic rings. The summed E-state index contributed by atoms with van der Waals surface area (Å²) in [5, 5.41) is 18.8. The molecule has 0 aromatic carbocycles. The average molecular weight is 256 g/mol. The molecule has 0 spiro atoms. The van der Waals surface area contributed by atoms with Crippen LogP contribution in [0.3, 0.4) is 0 Å².